The van der Waals surface area contributed by atoms with Gasteiger partial charge in [-0.15, -0.1) is 0 Å². The van der Waals surface area contributed by atoms with Gasteiger partial charge < -0.3 is 10.4 Å². The lowest BCUT2D eigenvalue weighted by atomic mass is 10.0. The second-order valence-electron chi connectivity index (χ2n) is 7.17. The number of phenols is 1. The summed E-state index contributed by atoms with van der Waals surface area (Å²) in [5, 5.41) is 21.1. The molecule has 0 aliphatic carbocycles. The smallest absolute Gasteiger partial charge is 0.255 e. The van der Waals surface area contributed by atoms with Crippen molar-refractivity contribution < 1.29 is 14.3 Å². The number of carbonyl (C=O) groups excluding carboxylic acids is 1. The summed E-state index contributed by atoms with van der Waals surface area (Å²) in [6.45, 7) is 0.532. The van der Waals surface area contributed by atoms with Crippen LogP contribution in [0.15, 0.2) is 66.7 Å². The summed E-state index contributed by atoms with van der Waals surface area (Å²) in [4.78, 5) is 12.1. The molecule has 0 saturated heterocycles. The van der Waals surface area contributed by atoms with Crippen LogP contribution < -0.4 is 5.32 Å². The van der Waals surface area contributed by atoms with E-state index in [1.807, 2.05) is 18.2 Å². The maximum absolute atomic E-state index is 13.1. The van der Waals surface area contributed by atoms with Gasteiger partial charge in [0.25, 0.3) is 5.91 Å². The molecule has 0 bridgehead atoms. The minimum Gasteiger partial charge on any atom is -0.507 e. The molecule has 1 aromatic heterocycles. The normalized spacial score (nSPS) is 11.0. The molecule has 3 N–H and O–H groups in total. The summed E-state index contributed by atoms with van der Waals surface area (Å²) in [5.41, 5.74) is 4.18. The highest BCUT2D eigenvalue weighted by Gasteiger charge is 2.10. The van der Waals surface area contributed by atoms with Crippen molar-refractivity contribution in [3.8, 4) is 16.9 Å². The van der Waals surface area contributed by atoms with Gasteiger partial charge >= 0.3 is 0 Å². The van der Waals surface area contributed by atoms with Gasteiger partial charge in [0.05, 0.1) is 16.8 Å². The Morgan fingerprint density at radius 3 is 2.57 bits per heavy atom. The number of hydrogen-bond donors (Lipinski definition) is 3. The quantitative estimate of drug-likeness (QED) is 0.387. The van der Waals surface area contributed by atoms with E-state index in [9.17, 15) is 14.3 Å². The molecule has 0 saturated carbocycles. The van der Waals surface area contributed by atoms with Crippen LogP contribution in [0.1, 0.15) is 28.9 Å². The maximum Gasteiger partial charge on any atom is 0.255 e. The van der Waals surface area contributed by atoms with Crippen LogP contribution in [0.3, 0.4) is 0 Å². The van der Waals surface area contributed by atoms with Crippen LogP contribution >= 0.6 is 0 Å². The number of nitrogens with zero attached hydrogens (tertiary/aromatic N) is 1. The van der Waals surface area contributed by atoms with Crippen molar-refractivity contribution >= 4 is 16.8 Å². The molecule has 0 spiro atoms. The van der Waals surface area contributed by atoms with Crippen LogP contribution in [0.2, 0.25) is 0 Å². The third kappa shape index (κ3) is 4.33. The van der Waals surface area contributed by atoms with Crippen molar-refractivity contribution in [1.82, 2.24) is 15.5 Å². The summed E-state index contributed by atoms with van der Waals surface area (Å²) in [6, 6.07) is 19.0. The highest BCUT2D eigenvalue weighted by atomic mass is 19.1. The molecule has 0 radical (unpaired) electrons. The first-order chi connectivity index (χ1) is 14.6. The van der Waals surface area contributed by atoms with Gasteiger partial charge in [0.1, 0.15) is 11.6 Å². The molecule has 0 fully saturated rings. The lowest BCUT2D eigenvalue weighted by Gasteiger charge is -2.06. The molecule has 0 aliphatic heterocycles. The van der Waals surface area contributed by atoms with Gasteiger partial charge in [0.15, 0.2) is 0 Å². The summed E-state index contributed by atoms with van der Waals surface area (Å²) < 4.78 is 13.1. The van der Waals surface area contributed by atoms with Gasteiger partial charge in [-0.05, 0) is 60.7 Å². The summed E-state index contributed by atoms with van der Waals surface area (Å²) in [7, 11) is 0. The Morgan fingerprint density at radius 1 is 1.00 bits per heavy atom. The van der Waals surface area contributed by atoms with Crippen LogP contribution in [0, 0.1) is 5.82 Å². The number of phenolic OH excluding ortho intramolecular Hbond substituents is 1. The first-order valence-corrected chi connectivity index (χ1v) is 9.91. The fourth-order valence-corrected chi connectivity index (χ4v) is 3.47. The fourth-order valence-electron chi connectivity index (χ4n) is 3.47. The molecule has 6 heteroatoms. The molecular formula is C24H22FN3O2. The van der Waals surface area contributed by atoms with Crippen LogP contribution in [-0.2, 0) is 6.42 Å². The SMILES string of the molecule is O=C(NCCCCc1n[nH]c2cc(-c3ccc(F)cc3)ccc12)c1ccccc1O. The molecule has 1 heterocycles. The number of unbranched alkanes of at least 4 members (excludes halogenated alkanes) is 1. The third-order valence-corrected chi connectivity index (χ3v) is 5.09. The number of nitrogens with one attached hydrogen (secondary N) is 2. The molecule has 4 aromatic rings. The van der Waals surface area contributed by atoms with Gasteiger partial charge in [-0.25, -0.2) is 4.39 Å². The minimum absolute atomic E-state index is 0.0157. The van der Waals surface area contributed by atoms with E-state index in [2.05, 4.69) is 15.5 Å². The highest BCUT2D eigenvalue weighted by Crippen LogP contribution is 2.26. The summed E-state index contributed by atoms with van der Waals surface area (Å²) in [5.74, 6) is -0.537. The Kier molecular flexibility index (Phi) is 5.75. The molecule has 0 atom stereocenters. The zero-order valence-electron chi connectivity index (χ0n) is 16.4. The van der Waals surface area contributed by atoms with E-state index in [0.29, 0.717) is 6.54 Å². The fraction of sp³-hybridized carbons (Fsp3) is 0.167. The predicted octanol–water partition coefficient (Wildman–Crippen LogP) is 4.83. The van der Waals surface area contributed by atoms with Crippen LogP contribution in [0.4, 0.5) is 4.39 Å². The van der Waals surface area contributed by atoms with Crippen molar-refractivity contribution in [1.29, 1.82) is 0 Å². The number of para-hydroxylation sites is 1. The second-order valence-corrected chi connectivity index (χ2v) is 7.17. The van der Waals surface area contributed by atoms with E-state index in [1.54, 1.807) is 30.3 Å². The van der Waals surface area contributed by atoms with Crippen molar-refractivity contribution in [2.24, 2.45) is 0 Å². The monoisotopic (exact) mass is 403 g/mol. The van der Waals surface area contributed by atoms with E-state index in [4.69, 9.17) is 0 Å². The molecule has 30 heavy (non-hydrogen) atoms. The average molecular weight is 403 g/mol. The number of aromatic nitrogens is 2. The topological polar surface area (TPSA) is 78.0 Å². The van der Waals surface area contributed by atoms with Crippen molar-refractivity contribution in [3.63, 3.8) is 0 Å². The average Bonchev–Trinajstić information content (AvgIpc) is 3.16. The van der Waals surface area contributed by atoms with Gasteiger partial charge in [-0.3, -0.25) is 9.89 Å². The first kappa shape index (κ1) is 19.6. The summed E-state index contributed by atoms with van der Waals surface area (Å²) >= 11 is 0. The molecule has 1 amide bonds. The largest absolute Gasteiger partial charge is 0.507 e. The Balaban J connectivity index is 1.32. The van der Waals surface area contributed by atoms with Gasteiger partial charge in [0, 0.05) is 11.9 Å². The standard InChI is InChI=1S/C24H22FN3O2/c25-18-11-8-16(9-12-18)17-10-13-19-21(27-28-22(19)15-17)6-3-4-14-26-24(30)20-5-1-2-7-23(20)29/h1-2,5,7-13,15,29H,3-4,6,14H2,(H,26,30)(H,27,28). The van der Waals surface area contributed by atoms with E-state index in [-0.39, 0.29) is 23.0 Å². The van der Waals surface area contributed by atoms with Gasteiger partial charge in [-0.2, -0.15) is 5.10 Å². The number of aromatic hydroxyl groups is 1. The van der Waals surface area contributed by atoms with Gasteiger partial charge in [-0.1, -0.05) is 36.4 Å². The number of carbonyl (C=O) groups is 1. The Labute approximate surface area is 173 Å². The molecule has 5 nitrogen and oxygen atoms in total. The number of benzene rings is 3. The van der Waals surface area contributed by atoms with Gasteiger partial charge in [0.2, 0.25) is 0 Å². The maximum atomic E-state index is 13.1. The Morgan fingerprint density at radius 2 is 1.77 bits per heavy atom. The zero-order chi connectivity index (χ0) is 20.9. The number of aromatic amines is 1. The van der Waals surface area contributed by atoms with Crippen LogP contribution in [-0.4, -0.2) is 27.8 Å². The van der Waals surface area contributed by atoms with Crippen molar-refractivity contribution in [3.05, 3.63) is 83.8 Å². The lowest BCUT2D eigenvalue weighted by Crippen LogP contribution is -2.24. The number of fused-ring (bicyclic) bond motifs is 1. The van der Waals surface area contributed by atoms with E-state index in [0.717, 1.165) is 47.0 Å². The third-order valence-electron chi connectivity index (χ3n) is 5.09. The zero-order valence-corrected chi connectivity index (χ0v) is 16.4. The highest BCUT2D eigenvalue weighted by molar-refractivity contribution is 5.96. The Hall–Kier alpha value is -3.67. The number of halogens is 1. The minimum atomic E-state index is -0.272. The molecule has 0 aliphatic rings. The summed E-state index contributed by atoms with van der Waals surface area (Å²) in [6.07, 6.45) is 2.48. The lowest BCUT2D eigenvalue weighted by molar-refractivity contribution is 0.0950. The van der Waals surface area contributed by atoms with Crippen LogP contribution in [0.25, 0.3) is 22.0 Å². The number of H-pyrrole nitrogens is 1. The van der Waals surface area contributed by atoms with E-state index < -0.39 is 0 Å². The van der Waals surface area contributed by atoms with E-state index in [1.165, 1.54) is 18.2 Å². The van der Waals surface area contributed by atoms with Crippen LogP contribution in [0.5, 0.6) is 5.75 Å². The van der Waals surface area contributed by atoms with Crippen molar-refractivity contribution in [2.45, 2.75) is 19.3 Å². The predicted molar refractivity (Wildman–Crippen MR) is 115 cm³/mol. The van der Waals surface area contributed by atoms with Crippen molar-refractivity contribution in [2.75, 3.05) is 6.54 Å². The molecular weight excluding hydrogens is 381 g/mol. The Bertz CT molecular complexity index is 1170. The molecule has 4 rings (SSSR count). The molecule has 0 unspecified atom stereocenters. The number of amides is 1. The molecule has 3 aromatic carbocycles. The number of rotatable bonds is 7. The number of hydrogen-bond acceptors (Lipinski definition) is 3. The number of aryl methyl sites for hydroxylation is 1. The van der Waals surface area contributed by atoms with E-state index >= 15 is 0 Å². The molecule has 152 valence electrons. The second kappa shape index (κ2) is 8.78. The first-order valence-electron chi connectivity index (χ1n) is 9.91.